The summed E-state index contributed by atoms with van der Waals surface area (Å²) in [7, 11) is -0.362. The number of esters is 1. The molecule has 6 heteroatoms. The zero-order valence-corrected chi connectivity index (χ0v) is 23.2. The average molecular weight is 492 g/mol. The van der Waals surface area contributed by atoms with Crippen LogP contribution in [0.2, 0.25) is 0 Å². The molecule has 0 N–H and O–H groups in total. The smallest absolute Gasteiger partial charge is 0.489 e. The number of rotatable bonds is 8. The first-order valence-electron chi connectivity index (χ1n) is 13.3. The van der Waals surface area contributed by atoms with Crippen LogP contribution in [-0.2, 0) is 24.3 Å². The fourth-order valence-electron chi connectivity index (χ4n) is 5.43. The molecule has 0 amide bonds. The van der Waals surface area contributed by atoms with E-state index in [4.69, 9.17) is 18.8 Å². The van der Waals surface area contributed by atoms with Gasteiger partial charge in [0.25, 0.3) is 0 Å². The van der Waals surface area contributed by atoms with Gasteiger partial charge >= 0.3 is 13.1 Å². The van der Waals surface area contributed by atoms with Crippen molar-refractivity contribution in [3.05, 3.63) is 58.7 Å². The molecule has 2 fully saturated rings. The van der Waals surface area contributed by atoms with Gasteiger partial charge in [-0.15, -0.1) is 0 Å². The number of ether oxygens (including phenoxy) is 2. The van der Waals surface area contributed by atoms with Crippen LogP contribution in [0, 0.1) is 13.8 Å². The summed E-state index contributed by atoms with van der Waals surface area (Å²) < 4.78 is 24.0. The maximum Gasteiger partial charge on any atom is 0.495 e. The van der Waals surface area contributed by atoms with Gasteiger partial charge in [0.1, 0.15) is 18.5 Å². The summed E-state index contributed by atoms with van der Waals surface area (Å²) >= 11 is 0. The number of hydrogen-bond donors (Lipinski definition) is 0. The fraction of sp³-hybridized carbons (Fsp3) is 0.567. The average Bonchev–Trinajstić information content (AvgIpc) is 3.33. The minimum absolute atomic E-state index is 0.108. The highest BCUT2D eigenvalue weighted by Gasteiger charge is 2.52. The third-order valence-electron chi connectivity index (χ3n) is 8.66. The van der Waals surface area contributed by atoms with Crippen LogP contribution in [0.3, 0.4) is 0 Å². The lowest BCUT2D eigenvalue weighted by Crippen LogP contribution is -2.41. The Kier molecular flexibility index (Phi) is 7.33. The number of cyclic esters (lactones) is 1. The first-order valence-corrected chi connectivity index (χ1v) is 13.3. The predicted octanol–water partition coefficient (Wildman–Crippen LogP) is 5.79. The van der Waals surface area contributed by atoms with E-state index in [9.17, 15) is 4.79 Å². The Balaban J connectivity index is 1.58. The molecule has 0 radical (unpaired) electrons. The summed E-state index contributed by atoms with van der Waals surface area (Å²) in [5.41, 5.74) is 5.12. The topological polar surface area (TPSA) is 54.0 Å². The van der Waals surface area contributed by atoms with Crippen molar-refractivity contribution in [2.45, 2.75) is 104 Å². The molecule has 0 spiro atoms. The lowest BCUT2D eigenvalue weighted by atomic mass is 9.68. The van der Waals surface area contributed by atoms with Crippen molar-refractivity contribution in [2.75, 3.05) is 6.61 Å². The number of aryl methyl sites for hydroxylation is 2. The van der Waals surface area contributed by atoms with Crippen molar-refractivity contribution < 1.29 is 23.6 Å². The van der Waals surface area contributed by atoms with Crippen LogP contribution in [0.1, 0.15) is 89.5 Å². The van der Waals surface area contributed by atoms with E-state index >= 15 is 0 Å². The van der Waals surface area contributed by atoms with E-state index in [-0.39, 0.29) is 35.8 Å². The van der Waals surface area contributed by atoms with Gasteiger partial charge in [-0.25, -0.2) is 0 Å². The van der Waals surface area contributed by atoms with Gasteiger partial charge in [-0.3, -0.25) is 4.79 Å². The largest absolute Gasteiger partial charge is 0.495 e. The quantitative estimate of drug-likeness (QED) is 0.345. The molecule has 1 atom stereocenters. The van der Waals surface area contributed by atoms with Gasteiger partial charge in [0.05, 0.1) is 11.2 Å². The third kappa shape index (κ3) is 4.82. The van der Waals surface area contributed by atoms with Crippen LogP contribution in [-0.4, -0.2) is 37.0 Å². The van der Waals surface area contributed by atoms with E-state index in [1.807, 2.05) is 0 Å². The molecule has 2 saturated heterocycles. The van der Waals surface area contributed by atoms with Crippen molar-refractivity contribution >= 4 is 18.6 Å². The Morgan fingerprint density at radius 1 is 0.944 bits per heavy atom. The van der Waals surface area contributed by atoms with Gasteiger partial charge in [-0.05, 0) is 89.0 Å². The SMILES string of the molecule is CCC(CC)(c1ccc(OC[C@H]2CCC(=O)O2)c(C)c1)c1ccc(B2OC(C)(C)C(C)(C)O2)c(C)c1. The van der Waals surface area contributed by atoms with Crippen LogP contribution in [0.15, 0.2) is 36.4 Å². The molecule has 2 aliphatic heterocycles. The molecule has 2 aromatic rings. The zero-order valence-electron chi connectivity index (χ0n) is 23.2. The summed E-state index contributed by atoms with van der Waals surface area (Å²) in [4.78, 5) is 11.4. The number of benzene rings is 2. The van der Waals surface area contributed by atoms with Gasteiger partial charge < -0.3 is 18.8 Å². The van der Waals surface area contributed by atoms with Gasteiger partial charge in [0, 0.05) is 11.8 Å². The Bertz CT molecular complexity index is 1100. The number of hydrogen-bond acceptors (Lipinski definition) is 5. The second-order valence-electron chi connectivity index (χ2n) is 11.4. The van der Waals surface area contributed by atoms with Crippen LogP contribution in [0.25, 0.3) is 0 Å². The maximum absolute atomic E-state index is 11.4. The minimum Gasteiger partial charge on any atom is -0.489 e. The zero-order chi connectivity index (χ0) is 26.3. The Morgan fingerprint density at radius 3 is 2.03 bits per heavy atom. The molecule has 5 nitrogen and oxygen atoms in total. The molecule has 0 aromatic heterocycles. The Hall–Kier alpha value is -2.31. The number of carbonyl (C=O) groups is 1. The normalized spacial score (nSPS) is 21.1. The lowest BCUT2D eigenvalue weighted by Gasteiger charge is -2.34. The van der Waals surface area contributed by atoms with E-state index in [1.165, 1.54) is 16.7 Å². The minimum atomic E-state index is -0.362. The second-order valence-corrected chi connectivity index (χ2v) is 11.4. The summed E-state index contributed by atoms with van der Waals surface area (Å²) in [5.74, 6) is 0.709. The van der Waals surface area contributed by atoms with Crippen LogP contribution in [0.5, 0.6) is 5.75 Å². The monoisotopic (exact) mass is 492 g/mol. The van der Waals surface area contributed by atoms with Gasteiger partial charge in [0.15, 0.2) is 0 Å². The Morgan fingerprint density at radius 2 is 1.53 bits per heavy atom. The molecule has 4 rings (SSSR count). The van der Waals surface area contributed by atoms with Crippen LogP contribution < -0.4 is 10.2 Å². The highest BCUT2D eigenvalue weighted by Crippen LogP contribution is 2.41. The lowest BCUT2D eigenvalue weighted by molar-refractivity contribution is -0.142. The fourth-order valence-corrected chi connectivity index (χ4v) is 5.43. The van der Waals surface area contributed by atoms with E-state index < -0.39 is 0 Å². The van der Waals surface area contributed by atoms with E-state index in [0.717, 1.165) is 36.0 Å². The van der Waals surface area contributed by atoms with E-state index in [0.29, 0.717) is 13.0 Å². The van der Waals surface area contributed by atoms with Gasteiger partial charge in [-0.1, -0.05) is 49.7 Å². The third-order valence-corrected chi connectivity index (χ3v) is 8.66. The summed E-state index contributed by atoms with van der Waals surface area (Å²) in [6.07, 6.45) is 3.03. The van der Waals surface area contributed by atoms with Crippen LogP contribution >= 0.6 is 0 Å². The highest BCUT2D eigenvalue weighted by atomic mass is 16.7. The molecule has 0 unspecified atom stereocenters. The van der Waals surface area contributed by atoms with Crippen LogP contribution in [0.4, 0.5) is 0 Å². The summed E-state index contributed by atoms with van der Waals surface area (Å²) in [6.45, 7) is 17.5. The first-order chi connectivity index (χ1) is 16.9. The number of carbonyl (C=O) groups excluding carboxylic acids is 1. The molecule has 0 bridgehead atoms. The summed E-state index contributed by atoms with van der Waals surface area (Å²) in [6, 6.07) is 13.2. The molecular formula is C30H41BO5. The van der Waals surface area contributed by atoms with Crippen molar-refractivity contribution in [3.8, 4) is 5.75 Å². The molecule has 2 aliphatic rings. The van der Waals surface area contributed by atoms with Gasteiger partial charge in [0.2, 0.25) is 0 Å². The van der Waals surface area contributed by atoms with E-state index in [2.05, 4.69) is 91.8 Å². The standard InChI is InChI=1S/C30H41BO5/c1-9-30(10-2,23-12-15-26(21(4)18-23)33-19-24-13-16-27(32)34-24)22-11-14-25(20(3)17-22)31-35-28(5,6)29(7,8)36-31/h11-12,14-15,17-18,24H,9-10,13,16,19H2,1-8H3/t24-/m1/s1. The highest BCUT2D eigenvalue weighted by molar-refractivity contribution is 6.62. The molecule has 194 valence electrons. The molecule has 0 saturated carbocycles. The van der Waals surface area contributed by atoms with Crippen molar-refractivity contribution in [3.63, 3.8) is 0 Å². The Labute approximate surface area is 217 Å². The maximum atomic E-state index is 11.4. The molecule has 2 aromatic carbocycles. The molecule has 2 heterocycles. The molecule has 0 aliphatic carbocycles. The van der Waals surface area contributed by atoms with Crippen molar-refractivity contribution in [2.24, 2.45) is 0 Å². The van der Waals surface area contributed by atoms with E-state index in [1.54, 1.807) is 0 Å². The van der Waals surface area contributed by atoms with Gasteiger partial charge in [-0.2, -0.15) is 0 Å². The predicted molar refractivity (Wildman–Crippen MR) is 144 cm³/mol. The second kappa shape index (κ2) is 9.87. The molecule has 36 heavy (non-hydrogen) atoms. The molecular weight excluding hydrogens is 451 g/mol. The van der Waals surface area contributed by atoms with Crippen molar-refractivity contribution in [1.82, 2.24) is 0 Å². The van der Waals surface area contributed by atoms with Crippen molar-refractivity contribution in [1.29, 1.82) is 0 Å². The summed E-state index contributed by atoms with van der Waals surface area (Å²) in [5, 5.41) is 0. The first kappa shape index (κ1) is 26.7.